The molecule has 0 amide bonds. The first-order valence-electron chi connectivity index (χ1n) is 10.4. The molecule has 0 atom stereocenters. The number of hydrogen-bond donors (Lipinski definition) is 0. The Morgan fingerprint density at radius 2 is 1.68 bits per heavy atom. The van der Waals surface area contributed by atoms with Gasteiger partial charge in [-0.15, -0.1) is 0 Å². The average Bonchev–Trinajstić information content (AvgIpc) is 2.78. The molecular formula is C26H26F4O. The minimum Gasteiger partial charge on any atom is -0.450 e. The Morgan fingerprint density at radius 3 is 2.29 bits per heavy atom. The molecule has 2 aromatic rings. The number of rotatable bonds is 8. The minimum atomic E-state index is -1.12. The first kappa shape index (κ1) is 22.9. The van der Waals surface area contributed by atoms with E-state index in [1.54, 1.807) is 13.0 Å². The Balaban J connectivity index is 1.80. The standard InChI is InChI=1S/C26H26F4O/c1-4-16(2)22(28)25-17(3)14-21-15-20(23(29)24(30)26(21)31-25)12-11-19-9-7-18(8-10-19)6-5-13-27/h7-10,15H,2-6,11-14H2,1H3/b25-22-. The largest absolute Gasteiger partial charge is 0.450 e. The first-order chi connectivity index (χ1) is 14.8. The number of fused-ring (bicyclic) bond motifs is 1. The second-order valence-electron chi connectivity index (χ2n) is 7.74. The Kier molecular flexibility index (Phi) is 7.37. The van der Waals surface area contributed by atoms with Gasteiger partial charge >= 0.3 is 0 Å². The summed E-state index contributed by atoms with van der Waals surface area (Å²) in [5.74, 6) is -3.26. The predicted octanol–water partition coefficient (Wildman–Crippen LogP) is 7.29. The fourth-order valence-corrected chi connectivity index (χ4v) is 3.57. The number of alkyl halides is 1. The van der Waals surface area contributed by atoms with Crippen molar-refractivity contribution in [2.45, 2.75) is 45.4 Å². The van der Waals surface area contributed by atoms with Gasteiger partial charge in [0, 0.05) is 12.0 Å². The number of hydrogen-bond acceptors (Lipinski definition) is 1. The lowest BCUT2D eigenvalue weighted by Gasteiger charge is -2.24. The van der Waals surface area contributed by atoms with Crippen molar-refractivity contribution < 1.29 is 22.3 Å². The summed E-state index contributed by atoms with van der Waals surface area (Å²) in [5.41, 5.74) is 3.28. The van der Waals surface area contributed by atoms with Gasteiger partial charge in [-0.3, -0.25) is 4.39 Å². The summed E-state index contributed by atoms with van der Waals surface area (Å²) >= 11 is 0. The normalized spacial score (nSPS) is 14.8. The Bertz CT molecular complexity index is 1020. The summed E-state index contributed by atoms with van der Waals surface area (Å²) in [6.45, 7) is 8.85. The molecule has 0 fully saturated rings. The molecule has 0 radical (unpaired) electrons. The number of allylic oxidation sites excluding steroid dienone is 3. The summed E-state index contributed by atoms with van der Waals surface area (Å²) < 4.78 is 61.7. The second kappa shape index (κ2) is 9.99. The van der Waals surface area contributed by atoms with Gasteiger partial charge in [-0.25, -0.2) is 8.78 Å². The monoisotopic (exact) mass is 430 g/mol. The summed E-state index contributed by atoms with van der Waals surface area (Å²) in [7, 11) is 0. The fourth-order valence-electron chi connectivity index (χ4n) is 3.57. The zero-order valence-electron chi connectivity index (χ0n) is 17.7. The molecule has 1 heterocycles. The third-order valence-electron chi connectivity index (χ3n) is 5.48. The van der Waals surface area contributed by atoms with E-state index >= 15 is 0 Å². The van der Waals surface area contributed by atoms with Crippen molar-refractivity contribution in [2.75, 3.05) is 6.67 Å². The van der Waals surface area contributed by atoms with Crippen molar-refractivity contribution in [1.82, 2.24) is 0 Å². The molecule has 5 heteroatoms. The second-order valence-corrected chi connectivity index (χ2v) is 7.74. The lowest BCUT2D eigenvalue weighted by atomic mass is 9.94. The maximum atomic E-state index is 14.8. The first-order valence-corrected chi connectivity index (χ1v) is 10.4. The molecule has 0 N–H and O–H groups in total. The molecule has 0 spiro atoms. The van der Waals surface area contributed by atoms with Crippen molar-refractivity contribution in [3.05, 3.63) is 100 Å². The van der Waals surface area contributed by atoms with Gasteiger partial charge in [-0.1, -0.05) is 44.3 Å². The van der Waals surface area contributed by atoms with E-state index in [2.05, 4.69) is 13.2 Å². The molecule has 0 aromatic heterocycles. The molecule has 1 nitrogen and oxygen atoms in total. The van der Waals surface area contributed by atoms with Crippen molar-refractivity contribution in [2.24, 2.45) is 0 Å². The van der Waals surface area contributed by atoms with Gasteiger partial charge in [0.25, 0.3) is 0 Å². The molecule has 0 aliphatic carbocycles. The summed E-state index contributed by atoms with van der Waals surface area (Å²) in [5, 5.41) is 0. The number of ether oxygens (including phenoxy) is 1. The molecule has 1 aliphatic heterocycles. The third kappa shape index (κ3) is 5.09. The predicted molar refractivity (Wildman–Crippen MR) is 116 cm³/mol. The van der Waals surface area contributed by atoms with Crippen molar-refractivity contribution in [3.63, 3.8) is 0 Å². The number of benzene rings is 2. The molecule has 1 aliphatic rings. The van der Waals surface area contributed by atoms with Crippen molar-refractivity contribution in [3.8, 4) is 5.75 Å². The van der Waals surface area contributed by atoms with Crippen LogP contribution >= 0.6 is 0 Å². The van der Waals surface area contributed by atoms with Crippen LogP contribution in [0.2, 0.25) is 0 Å². The smallest absolute Gasteiger partial charge is 0.201 e. The fraction of sp³-hybridized carbons (Fsp3) is 0.308. The molecule has 0 unspecified atom stereocenters. The van der Waals surface area contributed by atoms with E-state index in [0.29, 0.717) is 43.2 Å². The zero-order valence-corrected chi connectivity index (χ0v) is 17.7. The van der Waals surface area contributed by atoms with E-state index in [0.717, 1.165) is 11.1 Å². The van der Waals surface area contributed by atoms with E-state index in [1.807, 2.05) is 24.3 Å². The SMILES string of the molecule is C=C(CC)/C(F)=C1/Oc2c(cc(CCc3ccc(CCCF)cc3)c(F)c2F)CC1=C. The van der Waals surface area contributed by atoms with Crippen LogP contribution < -0.4 is 4.74 Å². The maximum absolute atomic E-state index is 14.8. The third-order valence-corrected chi connectivity index (χ3v) is 5.48. The Labute approximate surface area is 180 Å². The highest BCUT2D eigenvalue weighted by Crippen LogP contribution is 2.39. The number of halogens is 4. The maximum Gasteiger partial charge on any atom is 0.201 e. The highest BCUT2D eigenvalue weighted by atomic mass is 19.2. The van der Waals surface area contributed by atoms with Crippen LogP contribution in [-0.2, 0) is 25.7 Å². The van der Waals surface area contributed by atoms with E-state index < -0.39 is 17.5 Å². The van der Waals surface area contributed by atoms with Crippen LogP contribution in [0.15, 0.2) is 66.2 Å². The molecule has 31 heavy (non-hydrogen) atoms. The summed E-state index contributed by atoms with van der Waals surface area (Å²) in [4.78, 5) is 0. The van der Waals surface area contributed by atoms with Gasteiger partial charge in [0.15, 0.2) is 23.2 Å². The van der Waals surface area contributed by atoms with Crippen LogP contribution in [0.5, 0.6) is 5.75 Å². The van der Waals surface area contributed by atoms with E-state index in [1.165, 1.54) is 0 Å². The Hall–Kier alpha value is -2.82. The van der Waals surface area contributed by atoms with E-state index in [9.17, 15) is 17.6 Å². The van der Waals surface area contributed by atoms with Gasteiger partial charge in [0.05, 0.1) is 6.67 Å². The van der Waals surface area contributed by atoms with Gasteiger partial charge in [-0.05, 0) is 66.0 Å². The van der Waals surface area contributed by atoms with Crippen LogP contribution in [0.25, 0.3) is 0 Å². The molecule has 2 aromatic carbocycles. The van der Waals surface area contributed by atoms with E-state index in [4.69, 9.17) is 4.74 Å². The lowest BCUT2D eigenvalue weighted by Crippen LogP contribution is -2.15. The minimum absolute atomic E-state index is 0.169. The van der Waals surface area contributed by atoms with Crippen LogP contribution in [0.3, 0.4) is 0 Å². The highest BCUT2D eigenvalue weighted by molar-refractivity contribution is 5.51. The molecule has 164 valence electrons. The summed E-state index contributed by atoms with van der Waals surface area (Å²) in [6.07, 6.45) is 2.52. The quantitative estimate of drug-likeness (QED) is 0.400. The Morgan fingerprint density at radius 1 is 1.03 bits per heavy atom. The lowest BCUT2D eigenvalue weighted by molar-refractivity contribution is 0.353. The van der Waals surface area contributed by atoms with Crippen LogP contribution in [0, 0.1) is 11.6 Å². The topological polar surface area (TPSA) is 9.23 Å². The van der Waals surface area contributed by atoms with Crippen LogP contribution in [-0.4, -0.2) is 6.67 Å². The summed E-state index contributed by atoms with van der Waals surface area (Å²) in [6, 6.07) is 9.27. The zero-order chi connectivity index (χ0) is 22.5. The van der Waals surface area contributed by atoms with Crippen LogP contribution in [0.1, 0.15) is 42.0 Å². The molecule has 0 saturated carbocycles. The van der Waals surface area contributed by atoms with Gasteiger partial charge < -0.3 is 4.74 Å². The van der Waals surface area contributed by atoms with Gasteiger partial charge in [-0.2, -0.15) is 4.39 Å². The van der Waals surface area contributed by atoms with E-state index in [-0.39, 0.29) is 35.7 Å². The van der Waals surface area contributed by atoms with Gasteiger partial charge in [0.2, 0.25) is 5.82 Å². The highest BCUT2D eigenvalue weighted by Gasteiger charge is 2.28. The average molecular weight is 430 g/mol. The molecular weight excluding hydrogens is 404 g/mol. The molecule has 0 saturated heterocycles. The van der Waals surface area contributed by atoms with Gasteiger partial charge in [0.1, 0.15) is 0 Å². The van der Waals surface area contributed by atoms with Crippen molar-refractivity contribution in [1.29, 1.82) is 0 Å². The van der Waals surface area contributed by atoms with Crippen molar-refractivity contribution >= 4 is 0 Å². The van der Waals surface area contributed by atoms with Crippen LogP contribution in [0.4, 0.5) is 17.6 Å². The molecule has 0 bridgehead atoms. The molecule has 3 rings (SSSR count). The number of aryl methyl sites for hydroxylation is 3.